The summed E-state index contributed by atoms with van der Waals surface area (Å²) in [6.07, 6.45) is -1.47. The van der Waals surface area contributed by atoms with Crippen LogP contribution in [-0.2, 0) is 27.2 Å². The third-order valence-electron chi connectivity index (χ3n) is 5.66. The van der Waals surface area contributed by atoms with Crippen LogP contribution in [0.25, 0.3) is 11.0 Å². The first-order valence-corrected chi connectivity index (χ1v) is 11.5. The van der Waals surface area contributed by atoms with Crippen molar-refractivity contribution < 1.29 is 30.9 Å². The molecule has 9 nitrogen and oxygen atoms in total. The third-order valence-corrected chi connectivity index (χ3v) is 6.69. The lowest BCUT2D eigenvalue weighted by Gasteiger charge is -2.15. The summed E-state index contributed by atoms with van der Waals surface area (Å²) < 4.78 is 70.1. The first-order chi connectivity index (χ1) is 15.6. The highest BCUT2D eigenvalue weighted by molar-refractivity contribution is 7.84. The van der Waals surface area contributed by atoms with Gasteiger partial charge < -0.3 is 15.0 Å². The Morgan fingerprint density at radius 1 is 1.18 bits per heavy atom. The summed E-state index contributed by atoms with van der Waals surface area (Å²) in [5.74, 6) is 0.508. The number of hydrogen-bond acceptors (Lipinski definition) is 7. The van der Waals surface area contributed by atoms with Crippen molar-refractivity contribution in [2.24, 2.45) is 0 Å². The van der Waals surface area contributed by atoms with E-state index in [9.17, 15) is 26.7 Å². The van der Waals surface area contributed by atoms with Crippen molar-refractivity contribution >= 4 is 27.2 Å². The molecule has 33 heavy (non-hydrogen) atoms. The zero-order valence-corrected chi connectivity index (χ0v) is 18.3. The molecule has 4 rings (SSSR count). The summed E-state index contributed by atoms with van der Waals surface area (Å²) >= 11 is 0. The first-order valence-electron chi connectivity index (χ1n) is 10.0. The molecule has 3 atom stereocenters. The highest BCUT2D eigenvalue weighted by atomic mass is 32.2. The van der Waals surface area contributed by atoms with Crippen LogP contribution in [0.2, 0.25) is 0 Å². The Hall–Kier alpha value is -2.74. The number of alkyl halides is 3. The van der Waals surface area contributed by atoms with Crippen LogP contribution in [-0.4, -0.2) is 47.3 Å². The summed E-state index contributed by atoms with van der Waals surface area (Å²) in [5.41, 5.74) is 0.534. The largest absolute Gasteiger partial charge is 0.416 e. The SMILES string of the molecule is COS(=O)(=O)N[C@H]1C[C@@H](n2ccc3c(NCc4ccc(C(F)(F)F)cc4)ncnc32)C[C@@H]1O. The minimum absolute atomic E-state index is 0.209. The van der Waals surface area contributed by atoms with Gasteiger partial charge in [0.15, 0.2) is 0 Å². The van der Waals surface area contributed by atoms with Gasteiger partial charge in [0.25, 0.3) is 0 Å². The number of aliphatic hydroxyl groups is 1. The van der Waals surface area contributed by atoms with E-state index in [-0.39, 0.29) is 12.6 Å². The zero-order valence-electron chi connectivity index (χ0n) is 17.5. The van der Waals surface area contributed by atoms with Gasteiger partial charge in [0.1, 0.15) is 17.8 Å². The van der Waals surface area contributed by atoms with Crippen molar-refractivity contribution in [1.29, 1.82) is 0 Å². The molecule has 3 aromatic rings. The standard InChI is InChI=1S/C20H22F3N5O4S/c1-32-33(30,31)27-16-8-14(9-17(16)29)28-7-6-15-18(25-11-26-19(15)28)24-10-12-2-4-13(5-3-12)20(21,22)23/h2-7,11,14,16-17,27,29H,8-10H2,1H3,(H,24,25,26)/t14-,16+,17+/m1/s1. The van der Waals surface area contributed by atoms with Crippen molar-refractivity contribution in [3.05, 3.63) is 54.0 Å². The normalized spacial score (nSPS) is 21.5. The molecule has 1 fully saturated rings. The highest BCUT2D eigenvalue weighted by Crippen LogP contribution is 2.34. The molecular weight excluding hydrogens is 463 g/mol. The van der Waals surface area contributed by atoms with Crippen molar-refractivity contribution in [3.8, 4) is 0 Å². The van der Waals surface area contributed by atoms with Crippen LogP contribution >= 0.6 is 0 Å². The van der Waals surface area contributed by atoms with Crippen molar-refractivity contribution in [1.82, 2.24) is 19.3 Å². The second-order valence-corrected chi connectivity index (χ2v) is 9.25. The molecule has 1 aliphatic rings. The van der Waals surface area contributed by atoms with Gasteiger partial charge in [-0.25, -0.2) is 9.97 Å². The third kappa shape index (κ3) is 5.11. The van der Waals surface area contributed by atoms with E-state index < -0.39 is 34.2 Å². The molecule has 178 valence electrons. The predicted molar refractivity (Wildman–Crippen MR) is 113 cm³/mol. The number of aromatic nitrogens is 3. The number of fused-ring (bicyclic) bond motifs is 1. The molecule has 2 heterocycles. The summed E-state index contributed by atoms with van der Waals surface area (Å²) in [6, 6.07) is 5.76. The number of aliphatic hydroxyl groups excluding tert-OH is 1. The molecule has 0 saturated heterocycles. The van der Waals surface area contributed by atoms with E-state index in [1.807, 2.05) is 4.57 Å². The van der Waals surface area contributed by atoms with Gasteiger partial charge in [-0.1, -0.05) is 12.1 Å². The van der Waals surface area contributed by atoms with Crippen LogP contribution in [0.1, 0.15) is 30.0 Å². The van der Waals surface area contributed by atoms with Gasteiger partial charge in [0, 0.05) is 18.8 Å². The lowest BCUT2D eigenvalue weighted by Crippen LogP contribution is -2.40. The van der Waals surface area contributed by atoms with E-state index in [0.29, 0.717) is 35.3 Å². The van der Waals surface area contributed by atoms with Crippen molar-refractivity contribution in [3.63, 3.8) is 0 Å². The smallest absolute Gasteiger partial charge is 0.391 e. The van der Waals surface area contributed by atoms with Gasteiger partial charge in [-0.05, 0) is 36.6 Å². The number of benzene rings is 1. The fraction of sp³-hybridized carbons (Fsp3) is 0.400. The van der Waals surface area contributed by atoms with Crippen LogP contribution in [0.4, 0.5) is 19.0 Å². The van der Waals surface area contributed by atoms with Crippen LogP contribution in [0, 0.1) is 0 Å². The van der Waals surface area contributed by atoms with Crippen LogP contribution < -0.4 is 10.0 Å². The second kappa shape index (κ2) is 8.89. The maximum Gasteiger partial charge on any atom is 0.416 e. The van der Waals surface area contributed by atoms with Gasteiger partial charge in [-0.3, -0.25) is 4.18 Å². The summed E-state index contributed by atoms with van der Waals surface area (Å²) in [6.45, 7) is 0.262. The van der Waals surface area contributed by atoms with E-state index in [1.165, 1.54) is 18.5 Å². The van der Waals surface area contributed by atoms with Crippen molar-refractivity contribution in [2.75, 3.05) is 12.4 Å². The quantitative estimate of drug-likeness (QED) is 0.471. The summed E-state index contributed by atoms with van der Waals surface area (Å²) in [4.78, 5) is 8.56. The van der Waals surface area contributed by atoms with E-state index in [1.54, 1.807) is 12.3 Å². The van der Waals surface area contributed by atoms with Gasteiger partial charge in [-0.15, -0.1) is 0 Å². The first kappa shape index (κ1) is 23.4. The lowest BCUT2D eigenvalue weighted by molar-refractivity contribution is -0.137. The summed E-state index contributed by atoms with van der Waals surface area (Å²) in [5, 5.41) is 14.1. The van der Waals surface area contributed by atoms with E-state index in [4.69, 9.17) is 0 Å². The van der Waals surface area contributed by atoms with Gasteiger partial charge in [-0.2, -0.15) is 26.3 Å². The Bertz CT molecular complexity index is 1230. The molecule has 0 spiro atoms. The maximum absolute atomic E-state index is 12.7. The average molecular weight is 485 g/mol. The molecule has 2 aromatic heterocycles. The number of nitrogens with one attached hydrogen (secondary N) is 2. The molecule has 0 amide bonds. The molecule has 1 aromatic carbocycles. The Morgan fingerprint density at radius 2 is 1.91 bits per heavy atom. The van der Waals surface area contributed by atoms with Gasteiger partial charge in [0.05, 0.1) is 30.2 Å². The number of anilines is 1. The number of nitrogens with zero attached hydrogens (tertiary/aromatic N) is 3. The Labute approximate surface area is 187 Å². The van der Waals surface area contributed by atoms with Crippen LogP contribution in [0.5, 0.6) is 0 Å². The lowest BCUT2D eigenvalue weighted by atomic mass is 10.1. The Balaban J connectivity index is 1.49. The monoisotopic (exact) mass is 485 g/mol. The minimum Gasteiger partial charge on any atom is -0.391 e. The molecule has 0 unspecified atom stereocenters. The average Bonchev–Trinajstić information content (AvgIpc) is 3.35. The van der Waals surface area contributed by atoms with Crippen LogP contribution in [0.3, 0.4) is 0 Å². The van der Waals surface area contributed by atoms with Gasteiger partial charge >= 0.3 is 16.5 Å². The topological polar surface area (TPSA) is 118 Å². The second-order valence-electron chi connectivity index (χ2n) is 7.77. The Morgan fingerprint density at radius 3 is 2.58 bits per heavy atom. The fourth-order valence-corrected chi connectivity index (χ4v) is 4.70. The molecule has 1 saturated carbocycles. The fourth-order valence-electron chi connectivity index (χ4n) is 3.98. The molecule has 0 bridgehead atoms. The number of halogens is 3. The molecule has 0 aliphatic heterocycles. The maximum atomic E-state index is 12.7. The van der Waals surface area contributed by atoms with Crippen molar-refractivity contribution in [2.45, 2.75) is 43.8 Å². The minimum atomic E-state index is -4.39. The predicted octanol–water partition coefficient (Wildman–Crippen LogP) is 2.61. The zero-order chi connectivity index (χ0) is 23.8. The van der Waals surface area contributed by atoms with Gasteiger partial charge in [0.2, 0.25) is 0 Å². The number of rotatable bonds is 7. The summed E-state index contributed by atoms with van der Waals surface area (Å²) in [7, 11) is -2.90. The molecular formula is C20H22F3N5O4S. The van der Waals surface area contributed by atoms with E-state index in [2.05, 4.69) is 24.2 Å². The van der Waals surface area contributed by atoms with Crippen LogP contribution in [0.15, 0.2) is 42.9 Å². The molecule has 13 heteroatoms. The number of hydrogen-bond donors (Lipinski definition) is 3. The van der Waals surface area contributed by atoms with E-state index >= 15 is 0 Å². The Kier molecular flexibility index (Phi) is 6.31. The molecule has 0 radical (unpaired) electrons. The molecule has 3 N–H and O–H groups in total. The molecule has 1 aliphatic carbocycles. The van der Waals surface area contributed by atoms with E-state index in [0.717, 1.165) is 19.2 Å². The highest BCUT2D eigenvalue weighted by Gasteiger charge is 2.37.